The van der Waals surface area contributed by atoms with Gasteiger partial charge in [-0.25, -0.2) is 4.39 Å². The van der Waals surface area contributed by atoms with Crippen molar-refractivity contribution in [2.24, 2.45) is 0 Å². The van der Waals surface area contributed by atoms with Crippen molar-refractivity contribution in [1.82, 2.24) is 4.90 Å². The number of anilines is 1. The van der Waals surface area contributed by atoms with Gasteiger partial charge in [0.25, 0.3) is 5.69 Å². The van der Waals surface area contributed by atoms with Crippen molar-refractivity contribution in [3.63, 3.8) is 0 Å². The van der Waals surface area contributed by atoms with Crippen LogP contribution in [0.2, 0.25) is 0 Å². The van der Waals surface area contributed by atoms with E-state index in [4.69, 9.17) is 4.74 Å². The smallest absolute Gasteiger partial charge is 0.271 e. The second-order valence-corrected chi connectivity index (χ2v) is 6.26. The summed E-state index contributed by atoms with van der Waals surface area (Å²) in [5.74, 6) is 0.417. The molecule has 1 aliphatic heterocycles. The Labute approximate surface area is 151 Å². The SMILES string of the molecule is O=[N+]([O-])c1cccc(N2CCN(CCCOc3ccc(F)cc3)CC2)c1. The van der Waals surface area contributed by atoms with E-state index < -0.39 is 0 Å². The van der Waals surface area contributed by atoms with Crippen molar-refractivity contribution in [2.45, 2.75) is 6.42 Å². The maximum absolute atomic E-state index is 12.8. The third-order valence-electron chi connectivity index (χ3n) is 4.48. The van der Waals surface area contributed by atoms with Crippen LogP contribution in [0.4, 0.5) is 15.8 Å². The Morgan fingerprint density at radius 3 is 2.50 bits per heavy atom. The molecule has 3 rings (SSSR count). The molecule has 0 aromatic heterocycles. The largest absolute Gasteiger partial charge is 0.494 e. The molecule has 0 spiro atoms. The predicted octanol–water partition coefficient (Wildman–Crippen LogP) is 3.33. The van der Waals surface area contributed by atoms with E-state index in [0.717, 1.165) is 44.8 Å². The van der Waals surface area contributed by atoms with E-state index in [0.29, 0.717) is 12.4 Å². The molecule has 0 N–H and O–H groups in total. The van der Waals surface area contributed by atoms with Gasteiger partial charge in [-0.3, -0.25) is 15.0 Å². The van der Waals surface area contributed by atoms with Crippen LogP contribution in [0.15, 0.2) is 48.5 Å². The number of ether oxygens (including phenoxy) is 1. The summed E-state index contributed by atoms with van der Waals surface area (Å²) < 4.78 is 18.4. The lowest BCUT2D eigenvalue weighted by Gasteiger charge is -2.36. The van der Waals surface area contributed by atoms with Gasteiger partial charge in [-0.15, -0.1) is 0 Å². The standard InChI is InChI=1S/C19H22FN3O3/c20-16-5-7-19(8-6-16)26-14-2-9-21-10-12-22(13-11-21)17-3-1-4-18(15-17)23(24)25/h1,3-8,15H,2,9-14H2. The fourth-order valence-corrected chi connectivity index (χ4v) is 3.04. The molecule has 0 amide bonds. The van der Waals surface area contributed by atoms with Gasteiger partial charge in [-0.2, -0.15) is 0 Å². The third-order valence-corrected chi connectivity index (χ3v) is 4.48. The summed E-state index contributed by atoms with van der Waals surface area (Å²) in [6.07, 6.45) is 0.897. The molecule has 1 aliphatic rings. The van der Waals surface area contributed by atoms with E-state index in [1.807, 2.05) is 6.07 Å². The quantitative estimate of drug-likeness (QED) is 0.431. The Hall–Kier alpha value is -2.67. The van der Waals surface area contributed by atoms with Crippen LogP contribution in [0.5, 0.6) is 5.75 Å². The number of rotatable bonds is 7. The molecule has 0 saturated carbocycles. The first kappa shape index (κ1) is 18.1. The van der Waals surface area contributed by atoms with Gasteiger partial charge in [0, 0.05) is 50.5 Å². The maximum Gasteiger partial charge on any atom is 0.271 e. The summed E-state index contributed by atoms with van der Waals surface area (Å²) in [5.41, 5.74) is 1.03. The molecular weight excluding hydrogens is 337 g/mol. The zero-order chi connectivity index (χ0) is 18.4. The van der Waals surface area contributed by atoms with Gasteiger partial charge < -0.3 is 9.64 Å². The van der Waals surface area contributed by atoms with Crippen LogP contribution >= 0.6 is 0 Å². The fourth-order valence-electron chi connectivity index (χ4n) is 3.04. The fraction of sp³-hybridized carbons (Fsp3) is 0.368. The minimum Gasteiger partial charge on any atom is -0.494 e. The van der Waals surface area contributed by atoms with Gasteiger partial charge in [0.2, 0.25) is 0 Å². The first-order valence-electron chi connectivity index (χ1n) is 8.72. The van der Waals surface area contributed by atoms with Crippen LogP contribution in [-0.2, 0) is 0 Å². The van der Waals surface area contributed by atoms with E-state index in [1.54, 1.807) is 24.3 Å². The van der Waals surface area contributed by atoms with Gasteiger partial charge in [-0.1, -0.05) is 6.07 Å². The molecule has 2 aromatic rings. The minimum atomic E-state index is -0.360. The van der Waals surface area contributed by atoms with Gasteiger partial charge in [-0.05, 0) is 36.8 Å². The highest BCUT2D eigenvalue weighted by molar-refractivity contribution is 5.53. The summed E-state index contributed by atoms with van der Waals surface area (Å²) in [4.78, 5) is 15.1. The second kappa shape index (κ2) is 8.62. The van der Waals surface area contributed by atoms with Crippen LogP contribution in [0.1, 0.15) is 6.42 Å². The average molecular weight is 359 g/mol. The molecule has 0 aliphatic carbocycles. The molecule has 2 aromatic carbocycles. The van der Waals surface area contributed by atoms with Gasteiger partial charge in [0.1, 0.15) is 11.6 Å². The minimum absolute atomic E-state index is 0.128. The Kier molecular flexibility index (Phi) is 6.01. The number of nitrogens with zero attached hydrogens (tertiary/aromatic N) is 3. The summed E-state index contributed by atoms with van der Waals surface area (Å²) in [6.45, 7) is 5.05. The maximum atomic E-state index is 12.8. The normalized spacial score (nSPS) is 15.0. The number of hydrogen-bond acceptors (Lipinski definition) is 5. The van der Waals surface area contributed by atoms with Crippen molar-refractivity contribution >= 4 is 11.4 Å². The van der Waals surface area contributed by atoms with Crippen LogP contribution in [0.3, 0.4) is 0 Å². The molecule has 1 heterocycles. The van der Waals surface area contributed by atoms with Crippen LogP contribution < -0.4 is 9.64 Å². The molecule has 0 atom stereocenters. The van der Waals surface area contributed by atoms with Crippen molar-refractivity contribution in [3.05, 3.63) is 64.5 Å². The molecule has 0 radical (unpaired) electrons. The highest BCUT2D eigenvalue weighted by atomic mass is 19.1. The first-order chi connectivity index (χ1) is 12.6. The molecule has 6 nitrogen and oxygen atoms in total. The van der Waals surface area contributed by atoms with Crippen LogP contribution in [-0.4, -0.2) is 49.2 Å². The second-order valence-electron chi connectivity index (χ2n) is 6.26. The third kappa shape index (κ3) is 4.92. The zero-order valence-corrected chi connectivity index (χ0v) is 14.5. The van der Waals surface area contributed by atoms with Gasteiger partial charge in [0.05, 0.1) is 11.5 Å². The van der Waals surface area contributed by atoms with E-state index in [9.17, 15) is 14.5 Å². The summed E-state index contributed by atoms with van der Waals surface area (Å²) >= 11 is 0. The van der Waals surface area contributed by atoms with Crippen molar-refractivity contribution in [1.29, 1.82) is 0 Å². The Balaban J connectivity index is 1.39. The zero-order valence-electron chi connectivity index (χ0n) is 14.5. The van der Waals surface area contributed by atoms with E-state index in [2.05, 4.69) is 9.80 Å². The van der Waals surface area contributed by atoms with E-state index >= 15 is 0 Å². The molecular formula is C19H22FN3O3. The molecule has 1 fully saturated rings. The topological polar surface area (TPSA) is 58.9 Å². The molecule has 0 unspecified atom stereocenters. The number of piperazine rings is 1. The lowest BCUT2D eigenvalue weighted by molar-refractivity contribution is -0.384. The molecule has 7 heteroatoms. The van der Waals surface area contributed by atoms with Gasteiger partial charge >= 0.3 is 0 Å². The van der Waals surface area contributed by atoms with Crippen molar-refractivity contribution in [2.75, 3.05) is 44.2 Å². The number of nitro benzene ring substituents is 1. The monoisotopic (exact) mass is 359 g/mol. The highest BCUT2D eigenvalue weighted by Gasteiger charge is 2.18. The van der Waals surface area contributed by atoms with E-state index in [-0.39, 0.29) is 16.4 Å². The van der Waals surface area contributed by atoms with Crippen molar-refractivity contribution in [3.8, 4) is 5.75 Å². The van der Waals surface area contributed by atoms with Crippen molar-refractivity contribution < 1.29 is 14.1 Å². The number of hydrogen-bond donors (Lipinski definition) is 0. The lowest BCUT2D eigenvalue weighted by atomic mass is 10.2. The Morgan fingerprint density at radius 1 is 1.08 bits per heavy atom. The predicted molar refractivity (Wildman–Crippen MR) is 98.3 cm³/mol. The number of non-ortho nitro benzene ring substituents is 1. The summed E-state index contributed by atoms with van der Waals surface area (Å²) in [7, 11) is 0. The number of halogens is 1. The lowest BCUT2D eigenvalue weighted by Crippen LogP contribution is -2.46. The molecule has 1 saturated heterocycles. The molecule has 26 heavy (non-hydrogen) atoms. The first-order valence-corrected chi connectivity index (χ1v) is 8.72. The van der Waals surface area contributed by atoms with Crippen LogP contribution in [0.25, 0.3) is 0 Å². The number of nitro groups is 1. The number of benzene rings is 2. The summed E-state index contributed by atoms with van der Waals surface area (Å²) in [5, 5.41) is 10.9. The van der Waals surface area contributed by atoms with Crippen LogP contribution in [0, 0.1) is 15.9 Å². The molecule has 138 valence electrons. The average Bonchev–Trinajstić information content (AvgIpc) is 2.67. The van der Waals surface area contributed by atoms with E-state index in [1.165, 1.54) is 18.2 Å². The summed E-state index contributed by atoms with van der Waals surface area (Å²) in [6, 6.07) is 12.8. The Bertz CT molecular complexity index is 731. The highest BCUT2D eigenvalue weighted by Crippen LogP contribution is 2.22. The molecule has 0 bridgehead atoms. The van der Waals surface area contributed by atoms with Gasteiger partial charge in [0.15, 0.2) is 0 Å². The Morgan fingerprint density at radius 2 is 1.81 bits per heavy atom.